The van der Waals surface area contributed by atoms with Gasteiger partial charge in [0.2, 0.25) is 0 Å². The van der Waals surface area contributed by atoms with Crippen molar-refractivity contribution in [1.29, 1.82) is 0 Å². The summed E-state index contributed by atoms with van der Waals surface area (Å²) in [4.78, 5) is 1.88. The van der Waals surface area contributed by atoms with Gasteiger partial charge in [-0.05, 0) is 12.1 Å². The average molecular weight is 223 g/mol. The van der Waals surface area contributed by atoms with Crippen LogP contribution in [0.25, 0.3) is 11.3 Å². The third kappa shape index (κ3) is 1.97. The first-order valence-corrected chi connectivity index (χ1v) is 4.95. The van der Waals surface area contributed by atoms with Gasteiger partial charge in [-0.15, -0.1) is 0 Å². The monoisotopic (exact) mass is 222 g/mol. The van der Waals surface area contributed by atoms with Gasteiger partial charge in [0.15, 0.2) is 11.6 Å². The number of halogens is 1. The van der Waals surface area contributed by atoms with E-state index in [1.807, 2.05) is 49.3 Å². The lowest BCUT2D eigenvalue weighted by atomic mass is 10.2. The minimum absolute atomic E-state index is 0.666. The van der Waals surface area contributed by atoms with E-state index in [1.54, 1.807) is 0 Å². The molecule has 0 saturated carbocycles. The summed E-state index contributed by atoms with van der Waals surface area (Å²) < 4.78 is 5.22. The molecule has 2 aromatic rings. The molecule has 0 amide bonds. The van der Waals surface area contributed by atoms with E-state index in [4.69, 9.17) is 16.1 Å². The lowest BCUT2D eigenvalue weighted by molar-refractivity contribution is 0.433. The fourth-order valence-corrected chi connectivity index (χ4v) is 1.49. The Balaban J connectivity index is 2.42. The molecule has 0 aliphatic carbocycles. The standard InChI is InChI=1S/C11H11ClN2O/c1-14(2)11-7-10(15-13-11)8-5-3-4-6-9(8)12/h3-7H,1-2H3. The Morgan fingerprint density at radius 3 is 2.60 bits per heavy atom. The van der Waals surface area contributed by atoms with E-state index in [0.717, 1.165) is 11.4 Å². The molecule has 0 bridgehead atoms. The van der Waals surface area contributed by atoms with Crippen molar-refractivity contribution in [2.24, 2.45) is 0 Å². The number of hydrogen-bond donors (Lipinski definition) is 0. The summed E-state index contributed by atoms with van der Waals surface area (Å²) in [6.07, 6.45) is 0. The second-order valence-corrected chi connectivity index (χ2v) is 3.83. The summed E-state index contributed by atoms with van der Waals surface area (Å²) in [5.74, 6) is 1.47. The van der Waals surface area contributed by atoms with Gasteiger partial charge in [0.25, 0.3) is 0 Å². The lowest BCUT2D eigenvalue weighted by Gasteiger charge is -2.04. The molecule has 0 spiro atoms. The van der Waals surface area contributed by atoms with E-state index in [9.17, 15) is 0 Å². The number of aromatic nitrogens is 1. The zero-order chi connectivity index (χ0) is 10.8. The van der Waals surface area contributed by atoms with Crippen LogP contribution in [0.15, 0.2) is 34.9 Å². The summed E-state index contributed by atoms with van der Waals surface area (Å²) in [6.45, 7) is 0. The van der Waals surface area contributed by atoms with Gasteiger partial charge >= 0.3 is 0 Å². The topological polar surface area (TPSA) is 29.3 Å². The second-order valence-electron chi connectivity index (χ2n) is 3.42. The first kappa shape index (κ1) is 10.1. The van der Waals surface area contributed by atoms with Crippen molar-refractivity contribution in [3.8, 4) is 11.3 Å². The zero-order valence-electron chi connectivity index (χ0n) is 8.57. The van der Waals surface area contributed by atoms with Gasteiger partial charge < -0.3 is 9.42 Å². The molecule has 1 aromatic heterocycles. The largest absolute Gasteiger partial charge is 0.360 e. The summed E-state index contributed by atoms with van der Waals surface area (Å²) >= 11 is 6.05. The van der Waals surface area contributed by atoms with Gasteiger partial charge in [-0.1, -0.05) is 28.9 Å². The fourth-order valence-electron chi connectivity index (χ4n) is 1.26. The van der Waals surface area contributed by atoms with Gasteiger partial charge in [0, 0.05) is 25.7 Å². The van der Waals surface area contributed by atoms with Crippen LogP contribution in [-0.2, 0) is 0 Å². The molecule has 4 heteroatoms. The van der Waals surface area contributed by atoms with Gasteiger partial charge in [-0.25, -0.2) is 0 Å². The Labute approximate surface area is 93.2 Å². The van der Waals surface area contributed by atoms with Crippen LogP contribution in [0, 0.1) is 0 Å². The molecule has 0 aliphatic heterocycles. The molecule has 0 radical (unpaired) electrons. The van der Waals surface area contributed by atoms with Crippen LogP contribution in [0.4, 0.5) is 5.82 Å². The molecule has 2 rings (SSSR count). The molecule has 0 unspecified atom stereocenters. The average Bonchev–Trinajstić information content (AvgIpc) is 2.67. The minimum atomic E-state index is 0.666. The molecule has 15 heavy (non-hydrogen) atoms. The molecule has 78 valence electrons. The molecule has 1 heterocycles. The highest BCUT2D eigenvalue weighted by molar-refractivity contribution is 6.33. The van der Waals surface area contributed by atoms with Crippen LogP contribution in [0.2, 0.25) is 5.02 Å². The SMILES string of the molecule is CN(C)c1cc(-c2ccccc2Cl)on1. The maximum absolute atomic E-state index is 6.05. The molecule has 0 atom stereocenters. The van der Waals surface area contributed by atoms with Crippen LogP contribution < -0.4 is 4.90 Å². The Morgan fingerprint density at radius 1 is 1.27 bits per heavy atom. The Morgan fingerprint density at radius 2 is 2.00 bits per heavy atom. The van der Waals surface area contributed by atoms with Crippen LogP contribution in [0.3, 0.4) is 0 Å². The second kappa shape index (κ2) is 3.95. The predicted octanol–water partition coefficient (Wildman–Crippen LogP) is 3.06. The van der Waals surface area contributed by atoms with E-state index in [0.29, 0.717) is 10.8 Å². The molecular formula is C11H11ClN2O. The van der Waals surface area contributed by atoms with Crippen LogP contribution in [0.5, 0.6) is 0 Å². The number of nitrogens with zero attached hydrogens (tertiary/aromatic N) is 2. The van der Waals surface area contributed by atoms with E-state index >= 15 is 0 Å². The van der Waals surface area contributed by atoms with Crippen molar-refractivity contribution < 1.29 is 4.52 Å². The smallest absolute Gasteiger partial charge is 0.172 e. The highest BCUT2D eigenvalue weighted by atomic mass is 35.5. The number of benzene rings is 1. The summed E-state index contributed by atoms with van der Waals surface area (Å²) in [5.41, 5.74) is 0.861. The molecule has 1 aromatic carbocycles. The normalized spacial score (nSPS) is 10.3. The Bertz CT molecular complexity index is 465. The lowest BCUT2D eigenvalue weighted by Crippen LogP contribution is -2.08. The maximum Gasteiger partial charge on any atom is 0.172 e. The Kier molecular flexibility index (Phi) is 2.64. The van der Waals surface area contributed by atoms with Gasteiger partial charge in [0.1, 0.15) is 0 Å². The Hall–Kier alpha value is -1.48. The van der Waals surface area contributed by atoms with Crippen LogP contribution in [-0.4, -0.2) is 19.3 Å². The van der Waals surface area contributed by atoms with Crippen molar-refractivity contribution in [2.45, 2.75) is 0 Å². The first-order valence-electron chi connectivity index (χ1n) is 4.57. The minimum Gasteiger partial charge on any atom is -0.360 e. The number of anilines is 1. The van der Waals surface area contributed by atoms with E-state index in [2.05, 4.69) is 5.16 Å². The van der Waals surface area contributed by atoms with Crippen LogP contribution in [0.1, 0.15) is 0 Å². The highest BCUT2D eigenvalue weighted by Crippen LogP contribution is 2.29. The molecule has 3 nitrogen and oxygen atoms in total. The maximum atomic E-state index is 6.05. The predicted molar refractivity (Wildman–Crippen MR) is 61.3 cm³/mol. The quantitative estimate of drug-likeness (QED) is 0.782. The molecule has 0 saturated heterocycles. The number of rotatable bonds is 2. The van der Waals surface area contributed by atoms with E-state index in [-0.39, 0.29) is 0 Å². The van der Waals surface area contributed by atoms with Crippen molar-refractivity contribution in [3.05, 3.63) is 35.4 Å². The fraction of sp³-hybridized carbons (Fsp3) is 0.182. The number of hydrogen-bond acceptors (Lipinski definition) is 3. The van der Waals surface area contributed by atoms with Crippen molar-refractivity contribution >= 4 is 17.4 Å². The summed E-state index contributed by atoms with van der Waals surface area (Å²) in [6, 6.07) is 9.40. The summed E-state index contributed by atoms with van der Waals surface area (Å²) in [5, 5.41) is 4.59. The highest BCUT2D eigenvalue weighted by Gasteiger charge is 2.10. The van der Waals surface area contributed by atoms with E-state index in [1.165, 1.54) is 0 Å². The van der Waals surface area contributed by atoms with E-state index < -0.39 is 0 Å². The third-order valence-electron chi connectivity index (χ3n) is 2.10. The molecule has 0 aliphatic rings. The van der Waals surface area contributed by atoms with Gasteiger partial charge in [-0.2, -0.15) is 0 Å². The zero-order valence-corrected chi connectivity index (χ0v) is 9.32. The van der Waals surface area contributed by atoms with Gasteiger partial charge in [-0.3, -0.25) is 0 Å². The van der Waals surface area contributed by atoms with Crippen molar-refractivity contribution in [1.82, 2.24) is 5.16 Å². The first-order chi connectivity index (χ1) is 7.18. The van der Waals surface area contributed by atoms with Gasteiger partial charge in [0.05, 0.1) is 5.02 Å². The molecule has 0 fully saturated rings. The van der Waals surface area contributed by atoms with Crippen LogP contribution >= 0.6 is 11.6 Å². The van der Waals surface area contributed by atoms with Crippen molar-refractivity contribution in [3.63, 3.8) is 0 Å². The van der Waals surface area contributed by atoms with Crippen molar-refractivity contribution in [2.75, 3.05) is 19.0 Å². The molecule has 0 N–H and O–H groups in total. The molecular weight excluding hydrogens is 212 g/mol. The third-order valence-corrected chi connectivity index (χ3v) is 2.42. The summed E-state index contributed by atoms with van der Waals surface area (Å²) in [7, 11) is 3.82.